The Kier molecular flexibility index (Phi) is 11.0. The van der Waals surface area contributed by atoms with Crippen molar-refractivity contribution in [2.45, 2.75) is 84.1 Å². The van der Waals surface area contributed by atoms with Crippen molar-refractivity contribution in [2.75, 3.05) is 0 Å². The van der Waals surface area contributed by atoms with Crippen LogP contribution >= 0.6 is 0 Å². The van der Waals surface area contributed by atoms with Gasteiger partial charge in [-0.25, -0.2) is 0 Å². The maximum Gasteiger partial charge on any atom is 0.0843 e. The molecule has 0 spiro atoms. The lowest BCUT2D eigenvalue weighted by Crippen LogP contribution is -2.60. The summed E-state index contributed by atoms with van der Waals surface area (Å²) in [5, 5.41) is 0. The second kappa shape index (κ2) is 11.0. The van der Waals surface area contributed by atoms with Crippen LogP contribution < -0.4 is 5.73 Å². The Balaban J connectivity index is 3.07. The Labute approximate surface area is 90.5 Å². The van der Waals surface area contributed by atoms with Gasteiger partial charge in [0.25, 0.3) is 0 Å². The van der Waals surface area contributed by atoms with Gasteiger partial charge in [-0.2, -0.15) is 0 Å². The minimum atomic E-state index is 0.726. The minimum Gasteiger partial charge on any atom is -0.355 e. The van der Waals surface area contributed by atoms with Gasteiger partial charge in [-0.05, 0) is 25.7 Å². The molecule has 0 bridgehead atoms. The third kappa shape index (κ3) is 10.0. The van der Waals surface area contributed by atoms with Crippen molar-refractivity contribution in [1.82, 2.24) is 0 Å². The van der Waals surface area contributed by atoms with Crippen molar-refractivity contribution < 1.29 is 5.73 Å². The zero-order valence-corrected chi connectivity index (χ0v) is 10.4. The lowest BCUT2D eigenvalue weighted by atomic mass is 10.0. The van der Waals surface area contributed by atoms with Crippen LogP contribution in [0.15, 0.2) is 0 Å². The first-order valence-electron chi connectivity index (χ1n) is 6.64. The largest absolute Gasteiger partial charge is 0.355 e. The molecule has 86 valence electrons. The highest BCUT2D eigenvalue weighted by atomic mass is 14.6. The predicted molar refractivity (Wildman–Crippen MR) is 64.2 cm³/mol. The average molecular weight is 200 g/mol. The summed E-state index contributed by atoms with van der Waals surface area (Å²) in [6.07, 6.45) is 13.8. The van der Waals surface area contributed by atoms with E-state index < -0.39 is 0 Å². The number of hydrogen-bond acceptors (Lipinski definition) is 0. The van der Waals surface area contributed by atoms with Crippen LogP contribution in [0.2, 0.25) is 0 Å². The molecule has 0 heterocycles. The second-order valence-corrected chi connectivity index (χ2v) is 4.56. The normalized spacial score (nSPS) is 11.1. The van der Waals surface area contributed by atoms with E-state index in [1.54, 1.807) is 0 Å². The topological polar surface area (TPSA) is 27.6 Å². The summed E-state index contributed by atoms with van der Waals surface area (Å²) in [5.74, 6) is 0. The van der Waals surface area contributed by atoms with Crippen molar-refractivity contribution in [1.29, 1.82) is 0 Å². The van der Waals surface area contributed by atoms with Crippen LogP contribution in [0.1, 0.15) is 78.1 Å². The zero-order valence-electron chi connectivity index (χ0n) is 10.4. The van der Waals surface area contributed by atoms with E-state index in [9.17, 15) is 0 Å². The van der Waals surface area contributed by atoms with Crippen LogP contribution in [0.4, 0.5) is 0 Å². The van der Waals surface area contributed by atoms with Crippen LogP contribution in [0.3, 0.4) is 0 Å². The van der Waals surface area contributed by atoms with E-state index in [4.69, 9.17) is 0 Å². The van der Waals surface area contributed by atoms with Crippen LogP contribution in [0, 0.1) is 0 Å². The standard InChI is InChI=1S/C13H29N/c1-3-5-7-9-11-13(14)12-10-8-6-4-2/h13H,3-12,14H2,1-2H3/p+1. The van der Waals surface area contributed by atoms with Gasteiger partial charge in [-0.3, -0.25) is 0 Å². The molecule has 0 radical (unpaired) electrons. The van der Waals surface area contributed by atoms with Crippen molar-refractivity contribution >= 4 is 0 Å². The fraction of sp³-hybridized carbons (Fsp3) is 1.00. The predicted octanol–water partition coefficient (Wildman–Crippen LogP) is 3.54. The second-order valence-electron chi connectivity index (χ2n) is 4.56. The van der Waals surface area contributed by atoms with Gasteiger partial charge >= 0.3 is 0 Å². The van der Waals surface area contributed by atoms with Gasteiger partial charge in [-0.1, -0.05) is 52.4 Å². The van der Waals surface area contributed by atoms with Crippen LogP contribution in [-0.2, 0) is 0 Å². The molecule has 3 N–H and O–H groups in total. The maximum atomic E-state index is 4.23. The fourth-order valence-corrected chi connectivity index (χ4v) is 1.86. The molecule has 0 aromatic rings. The molecule has 0 aromatic carbocycles. The molecule has 0 atom stereocenters. The molecule has 0 aliphatic heterocycles. The molecular formula is C13H30N+. The van der Waals surface area contributed by atoms with E-state index >= 15 is 0 Å². The Morgan fingerprint density at radius 2 is 1.14 bits per heavy atom. The van der Waals surface area contributed by atoms with Crippen LogP contribution in [-0.4, -0.2) is 6.04 Å². The van der Waals surface area contributed by atoms with Gasteiger partial charge in [0.2, 0.25) is 0 Å². The minimum absolute atomic E-state index is 0.726. The lowest BCUT2D eigenvalue weighted by Gasteiger charge is -2.07. The van der Waals surface area contributed by atoms with Crippen molar-refractivity contribution in [3.63, 3.8) is 0 Å². The van der Waals surface area contributed by atoms with Gasteiger partial charge in [-0.15, -0.1) is 0 Å². The molecule has 1 nitrogen and oxygen atoms in total. The van der Waals surface area contributed by atoms with Gasteiger partial charge in [0.15, 0.2) is 0 Å². The molecule has 0 saturated carbocycles. The summed E-state index contributed by atoms with van der Waals surface area (Å²) in [6, 6.07) is 0.726. The summed E-state index contributed by atoms with van der Waals surface area (Å²) in [5.41, 5.74) is 4.23. The first-order chi connectivity index (χ1) is 6.81. The molecule has 0 unspecified atom stereocenters. The summed E-state index contributed by atoms with van der Waals surface area (Å²) in [4.78, 5) is 0. The summed E-state index contributed by atoms with van der Waals surface area (Å²) in [6.45, 7) is 4.54. The lowest BCUT2D eigenvalue weighted by molar-refractivity contribution is -0.423. The van der Waals surface area contributed by atoms with E-state index in [1.807, 2.05) is 0 Å². The third-order valence-corrected chi connectivity index (χ3v) is 2.93. The van der Waals surface area contributed by atoms with Crippen molar-refractivity contribution in [3.05, 3.63) is 0 Å². The first-order valence-corrected chi connectivity index (χ1v) is 6.64. The molecule has 0 aliphatic carbocycles. The van der Waals surface area contributed by atoms with E-state index in [0.29, 0.717) is 0 Å². The van der Waals surface area contributed by atoms with Crippen molar-refractivity contribution in [2.24, 2.45) is 0 Å². The molecule has 0 aliphatic rings. The molecule has 0 fully saturated rings. The summed E-state index contributed by atoms with van der Waals surface area (Å²) in [7, 11) is 0. The van der Waals surface area contributed by atoms with Crippen molar-refractivity contribution in [3.8, 4) is 0 Å². The average Bonchev–Trinajstić information content (AvgIpc) is 2.19. The van der Waals surface area contributed by atoms with E-state index in [1.165, 1.54) is 64.2 Å². The molecule has 0 rings (SSSR count). The Morgan fingerprint density at radius 1 is 0.714 bits per heavy atom. The smallest absolute Gasteiger partial charge is 0.0843 e. The molecule has 14 heavy (non-hydrogen) atoms. The molecule has 1 heteroatoms. The van der Waals surface area contributed by atoms with E-state index in [2.05, 4.69) is 19.6 Å². The summed E-state index contributed by atoms with van der Waals surface area (Å²) < 4.78 is 0. The Hall–Kier alpha value is -0.0400. The van der Waals surface area contributed by atoms with Crippen LogP contribution in [0.5, 0.6) is 0 Å². The zero-order chi connectivity index (χ0) is 10.6. The number of hydrogen-bond donors (Lipinski definition) is 1. The number of rotatable bonds is 10. The van der Waals surface area contributed by atoms with E-state index in [0.717, 1.165) is 6.04 Å². The molecular weight excluding hydrogens is 170 g/mol. The highest BCUT2D eigenvalue weighted by Crippen LogP contribution is 2.09. The Bertz CT molecular complexity index is 89.4. The van der Waals surface area contributed by atoms with E-state index in [-0.39, 0.29) is 0 Å². The molecule has 0 amide bonds. The third-order valence-electron chi connectivity index (χ3n) is 2.93. The summed E-state index contributed by atoms with van der Waals surface area (Å²) >= 11 is 0. The van der Waals surface area contributed by atoms with Gasteiger partial charge in [0.1, 0.15) is 0 Å². The highest BCUT2D eigenvalue weighted by molar-refractivity contribution is 4.55. The highest BCUT2D eigenvalue weighted by Gasteiger charge is 2.04. The Morgan fingerprint density at radius 3 is 1.50 bits per heavy atom. The van der Waals surface area contributed by atoms with Crippen LogP contribution in [0.25, 0.3) is 0 Å². The number of unbranched alkanes of at least 4 members (excludes halogenated alkanes) is 6. The number of quaternary nitrogens is 1. The maximum absolute atomic E-state index is 4.23. The van der Waals surface area contributed by atoms with Gasteiger partial charge < -0.3 is 5.73 Å². The fourth-order valence-electron chi connectivity index (χ4n) is 1.86. The molecule has 0 aromatic heterocycles. The molecule has 0 saturated heterocycles. The van der Waals surface area contributed by atoms with Gasteiger partial charge in [0, 0.05) is 0 Å². The van der Waals surface area contributed by atoms with Gasteiger partial charge in [0.05, 0.1) is 6.04 Å². The monoisotopic (exact) mass is 200 g/mol. The first kappa shape index (κ1) is 14.0. The SMILES string of the molecule is CCCCCCC([NH3+])CCCCCC. The quantitative estimate of drug-likeness (QED) is 0.522.